The Bertz CT molecular complexity index is 1400. The van der Waals surface area contributed by atoms with Crippen LogP contribution in [0.4, 0.5) is 8.78 Å². The summed E-state index contributed by atoms with van der Waals surface area (Å²) in [6.07, 6.45) is 3.65. The minimum Gasteiger partial charge on any atom is -0.455 e. The summed E-state index contributed by atoms with van der Waals surface area (Å²) in [5, 5.41) is 3.32. The predicted molar refractivity (Wildman–Crippen MR) is 115 cm³/mol. The van der Waals surface area contributed by atoms with Crippen molar-refractivity contribution < 1.29 is 18.3 Å². The Balaban J connectivity index is 1.54. The van der Waals surface area contributed by atoms with Crippen LogP contribution in [-0.2, 0) is 10.3 Å². The number of halogens is 2. The van der Waals surface area contributed by atoms with E-state index >= 15 is 0 Å². The average molecular weight is 445 g/mol. The summed E-state index contributed by atoms with van der Waals surface area (Å²) in [7, 11) is 0. The van der Waals surface area contributed by atoms with Gasteiger partial charge in [0.25, 0.3) is 0 Å². The normalized spacial score (nSPS) is 20.9. The zero-order chi connectivity index (χ0) is 22.6. The highest BCUT2D eigenvalue weighted by molar-refractivity contribution is 5.70. The summed E-state index contributed by atoms with van der Waals surface area (Å²) < 4.78 is 40.0. The first-order valence-corrected chi connectivity index (χ1v) is 10.2. The molecule has 0 radical (unpaired) electrons. The topological polar surface area (TPSA) is 95.2 Å². The van der Waals surface area contributed by atoms with Crippen molar-refractivity contribution in [1.82, 2.24) is 20.3 Å². The van der Waals surface area contributed by atoms with E-state index < -0.39 is 23.8 Å². The monoisotopic (exact) mass is 445 g/mol. The third-order valence-electron chi connectivity index (χ3n) is 5.95. The second kappa shape index (κ2) is 7.38. The van der Waals surface area contributed by atoms with Crippen LogP contribution in [0, 0.1) is 11.9 Å². The van der Waals surface area contributed by atoms with E-state index in [1.165, 1.54) is 18.5 Å². The second-order valence-corrected chi connectivity index (χ2v) is 7.87. The molecule has 0 amide bonds. The van der Waals surface area contributed by atoms with Gasteiger partial charge in [-0.15, -0.1) is 0 Å². The lowest BCUT2D eigenvalue weighted by Gasteiger charge is -2.36. The fourth-order valence-corrected chi connectivity index (χ4v) is 4.41. The first-order valence-electron chi connectivity index (χ1n) is 10.2. The average Bonchev–Trinajstić information content (AvgIpc) is 3.21. The van der Waals surface area contributed by atoms with Crippen LogP contribution in [-0.4, -0.2) is 27.9 Å². The van der Waals surface area contributed by atoms with Crippen molar-refractivity contribution >= 4 is 0 Å². The maximum atomic E-state index is 14.4. The number of fused-ring (bicyclic) bond motifs is 4. The minimum absolute atomic E-state index is 0.213. The second-order valence-electron chi connectivity index (χ2n) is 7.87. The molecule has 0 saturated carbocycles. The fraction of sp³-hybridized carbons (Fsp3) is 0.125. The van der Waals surface area contributed by atoms with Gasteiger partial charge in [-0.25, -0.2) is 9.97 Å². The zero-order valence-electron chi connectivity index (χ0n) is 17.1. The van der Waals surface area contributed by atoms with Gasteiger partial charge in [0.2, 0.25) is 11.9 Å². The molecule has 7 nitrogen and oxygen atoms in total. The Labute approximate surface area is 187 Å². The number of pyridine rings is 3. The SMILES string of the molecule is NC1N[C@@]2(CO1)c1cc(-c3cccnc3F)ccc1Oc1cnc(-c3ccnc(F)c3)cc12. The van der Waals surface area contributed by atoms with E-state index in [4.69, 9.17) is 15.2 Å². The third-order valence-corrected chi connectivity index (χ3v) is 5.95. The van der Waals surface area contributed by atoms with Gasteiger partial charge >= 0.3 is 0 Å². The molecule has 2 aliphatic heterocycles. The standard InChI is InChI=1S/C24H17F2N5O2/c25-21-9-14(5-7-28-21)18-10-17-20(11-30-18)33-19-4-3-13(15-2-1-6-29-22(15)26)8-16(19)24(17)12-32-23(27)31-24/h1-11,23,31H,12,27H2/t23?,24-/m0/s1. The largest absolute Gasteiger partial charge is 0.455 e. The lowest BCUT2D eigenvalue weighted by molar-refractivity contribution is 0.103. The van der Waals surface area contributed by atoms with Gasteiger partial charge in [0.05, 0.1) is 18.5 Å². The lowest BCUT2D eigenvalue weighted by atomic mass is 9.80. The molecule has 33 heavy (non-hydrogen) atoms. The van der Waals surface area contributed by atoms with E-state index in [1.54, 1.807) is 36.5 Å². The van der Waals surface area contributed by atoms with Crippen LogP contribution in [0.25, 0.3) is 22.4 Å². The summed E-state index contributed by atoms with van der Waals surface area (Å²) in [4.78, 5) is 11.8. The number of hydrogen-bond acceptors (Lipinski definition) is 7. The molecule has 1 spiro atoms. The van der Waals surface area contributed by atoms with Crippen LogP contribution in [0.5, 0.6) is 11.5 Å². The molecule has 2 aliphatic rings. The highest BCUT2D eigenvalue weighted by Crippen LogP contribution is 2.50. The number of nitrogens with two attached hydrogens (primary N) is 1. The van der Waals surface area contributed by atoms with Crippen LogP contribution in [0.3, 0.4) is 0 Å². The quantitative estimate of drug-likeness (QED) is 0.455. The summed E-state index contributed by atoms with van der Waals surface area (Å²) >= 11 is 0. The van der Waals surface area contributed by atoms with Gasteiger partial charge in [0.1, 0.15) is 11.3 Å². The Kier molecular flexibility index (Phi) is 4.44. The number of benzene rings is 1. The van der Waals surface area contributed by atoms with E-state index in [2.05, 4.69) is 20.3 Å². The van der Waals surface area contributed by atoms with E-state index in [0.29, 0.717) is 33.9 Å². The maximum absolute atomic E-state index is 14.4. The Morgan fingerprint density at radius 2 is 1.82 bits per heavy atom. The van der Waals surface area contributed by atoms with E-state index in [0.717, 1.165) is 11.1 Å². The Morgan fingerprint density at radius 3 is 2.61 bits per heavy atom. The van der Waals surface area contributed by atoms with Crippen LogP contribution in [0.1, 0.15) is 11.1 Å². The van der Waals surface area contributed by atoms with Crippen LogP contribution >= 0.6 is 0 Å². The third kappa shape index (κ3) is 3.17. The van der Waals surface area contributed by atoms with Gasteiger partial charge in [-0.1, -0.05) is 6.07 Å². The van der Waals surface area contributed by atoms with Gasteiger partial charge in [0.15, 0.2) is 12.1 Å². The number of hydrogen-bond donors (Lipinski definition) is 2. The molecule has 0 bridgehead atoms. The molecular formula is C24H17F2N5O2. The zero-order valence-corrected chi connectivity index (χ0v) is 17.1. The summed E-state index contributed by atoms with van der Waals surface area (Å²) in [6.45, 7) is 0.213. The first kappa shape index (κ1) is 19.9. The number of ether oxygens (including phenoxy) is 2. The molecule has 1 aromatic carbocycles. The molecule has 4 aromatic rings. The van der Waals surface area contributed by atoms with Gasteiger partial charge in [-0.05, 0) is 42.0 Å². The predicted octanol–water partition coefficient (Wildman–Crippen LogP) is 3.70. The number of aromatic nitrogens is 3. The van der Waals surface area contributed by atoms with Crippen molar-refractivity contribution in [2.75, 3.05) is 6.61 Å². The molecular weight excluding hydrogens is 428 g/mol. The first-order chi connectivity index (χ1) is 16.0. The van der Waals surface area contributed by atoms with Crippen LogP contribution < -0.4 is 15.8 Å². The Morgan fingerprint density at radius 1 is 0.939 bits per heavy atom. The highest BCUT2D eigenvalue weighted by Gasteiger charge is 2.48. The molecule has 1 fully saturated rings. The number of nitrogens with one attached hydrogen (secondary N) is 1. The molecule has 3 aromatic heterocycles. The Hall–Kier alpha value is -3.79. The molecule has 2 atom stereocenters. The van der Waals surface area contributed by atoms with E-state index in [-0.39, 0.29) is 6.61 Å². The molecule has 5 heterocycles. The van der Waals surface area contributed by atoms with Crippen LogP contribution in [0.15, 0.2) is 67.1 Å². The van der Waals surface area contributed by atoms with Gasteiger partial charge < -0.3 is 9.47 Å². The van der Waals surface area contributed by atoms with Gasteiger partial charge in [-0.2, -0.15) is 8.78 Å². The van der Waals surface area contributed by atoms with Crippen LogP contribution in [0.2, 0.25) is 0 Å². The molecule has 9 heteroatoms. The lowest BCUT2D eigenvalue weighted by Crippen LogP contribution is -2.47. The van der Waals surface area contributed by atoms with E-state index in [1.807, 2.05) is 12.1 Å². The molecule has 1 unspecified atom stereocenters. The number of rotatable bonds is 2. The molecule has 3 N–H and O–H groups in total. The molecule has 1 saturated heterocycles. The summed E-state index contributed by atoms with van der Waals surface area (Å²) in [5.41, 5.74) is 8.79. The van der Waals surface area contributed by atoms with Crippen molar-refractivity contribution in [3.05, 3.63) is 90.1 Å². The molecule has 164 valence electrons. The van der Waals surface area contributed by atoms with Gasteiger partial charge in [-0.3, -0.25) is 16.0 Å². The van der Waals surface area contributed by atoms with Crippen molar-refractivity contribution in [2.24, 2.45) is 5.73 Å². The van der Waals surface area contributed by atoms with Crippen molar-refractivity contribution in [2.45, 2.75) is 11.9 Å². The summed E-state index contributed by atoms with van der Waals surface area (Å²) in [6, 6.07) is 13.5. The summed E-state index contributed by atoms with van der Waals surface area (Å²) in [5.74, 6) is -0.0745. The minimum atomic E-state index is -0.875. The van der Waals surface area contributed by atoms with Crippen molar-refractivity contribution in [3.63, 3.8) is 0 Å². The highest BCUT2D eigenvalue weighted by atomic mass is 19.1. The fourth-order valence-electron chi connectivity index (χ4n) is 4.41. The van der Waals surface area contributed by atoms with Gasteiger partial charge in [0, 0.05) is 40.7 Å². The maximum Gasteiger partial charge on any atom is 0.220 e. The molecule has 6 rings (SSSR count). The molecule has 0 aliphatic carbocycles. The van der Waals surface area contributed by atoms with E-state index in [9.17, 15) is 8.78 Å². The van der Waals surface area contributed by atoms with Crippen molar-refractivity contribution in [1.29, 1.82) is 0 Å². The van der Waals surface area contributed by atoms with Crippen molar-refractivity contribution in [3.8, 4) is 33.9 Å². The number of nitrogens with zero attached hydrogens (tertiary/aromatic N) is 3. The smallest absolute Gasteiger partial charge is 0.220 e.